The molecule has 28 heavy (non-hydrogen) atoms. The summed E-state index contributed by atoms with van der Waals surface area (Å²) in [6.45, 7) is 0. The first-order valence-corrected chi connectivity index (χ1v) is 9.16. The van der Waals surface area contributed by atoms with Gasteiger partial charge in [0.25, 0.3) is 5.69 Å². The molecular weight excluding hydrogens is 378 g/mol. The van der Waals surface area contributed by atoms with Crippen molar-refractivity contribution in [2.45, 2.75) is 0 Å². The number of aromatic nitrogens is 2. The fourth-order valence-corrected chi connectivity index (χ4v) is 3.34. The molecule has 0 spiro atoms. The molecule has 0 aliphatic carbocycles. The Morgan fingerprint density at radius 3 is 2.57 bits per heavy atom. The molecule has 4 rings (SSSR count). The lowest BCUT2D eigenvalue weighted by atomic mass is 10.3. The Hall–Kier alpha value is -3.78. The van der Waals surface area contributed by atoms with Gasteiger partial charge < -0.3 is 4.74 Å². The smallest absolute Gasteiger partial charge is 0.362 e. The summed E-state index contributed by atoms with van der Waals surface area (Å²) in [5, 5.41) is 17.4. The van der Waals surface area contributed by atoms with E-state index in [-0.39, 0.29) is 17.1 Å². The van der Waals surface area contributed by atoms with Crippen molar-refractivity contribution >= 4 is 23.0 Å². The maximum Gasteiger partial charge on any atom is 0.362 e. The van der Waals surface area contributed by atoms with Gasteiger partial charge in [-0.3, -0.25) is 10.1 Å². The number of non-ortho nitro benzene ring substituents is 1. The summed E-state index contributed by atoms with van der Waals surface area (Å²) >= 11 is 1.51. The van der Waals surface area contributed by atoms with Crippen LogP contribution in [0.3, 0.4) is 0 Å². The largest absolute Gasteiger partial charge is 0.422 e. The number of nitro benzene ring substituents is 1. The third-order valence-electron chi connectivity index (χ3n) is 3.93. The number of nitro groups is 1. The van der Waals surface area contributed by atoms with Gasteiger partial charge in [-0.2, -0.15) is 5.10 Å². The summed E-state index contributed by atoms with van der Waals surface area (Å²) in [6, 6.07) is 20.2. The van der Waals surface area contributed by atoms with Crippen molar-refractivity contribution < 1.29 is 14.5 Å². The summed E-state index contributed by atoms with van der Waals surface area (Å²) in [5.74, 6) is -0.558. The third-order valence-corrected chi connectivity index (χ3v) is 4.82. The van der Waals surface area contributed by atoms with Gasteiger partial charge in [-0.1, -0.05) is 30.3 Å². The number of hydrogen-bond acceptors (Lipinski definition) is 6. The van der Waals surface area contributed by atoms with Crippen LogP contribution in [0.2, 0.25) is 0 Å². The van der Waals surface area contributed by atoms with E-state index in [9.17, 15) is 14.9 Å². The second kappa shape index (κ2) is 7.45. The number of esters is 1. The van der Waals surface area contributed by atoms with Crippen molar-refractivity contribution in [1.82, 2.24) is 9.78 Å². The summed E-state index contributed by atoms with van der Waals surface area (Å²) in [4.78, 5) is 24.1. The number of ether oxygens (including phenoxy) is 1. The second-order valence-corrected chi connectivity index (χ2v) is 6.73. The highest BCUT2D eigenvalue weighted by molar-refractivity contribution is 7.13. The van der Waals surface area contributed by atoms with E-state index in [4.69, 9.17) is 4.74 Å². The number of rotatable bonds is 5. The van der Waals surface area contributed by atoms with Gasteiger partial charge in [-0.05, 0) is 29.6 Å². The molecule has 4 aromatic rings. The molecule has 8 heteroatoms. The predicted molar refractivity (Wildman–Crippen MR) is 105 cm³/mol. The minimum absolute atomic E-state index is 0.0951. The van der Waals surface area contributed by atoms with Crippen LogP contribution < -0.4 is 4.74 Å². The average Bonchev–Trinajstić information content (AvgIpc) is 3.38. The van der Waals surface area contributed by atoms with Gasteiger partial charge in [0, 0.05) is 12.1 Å². The molecule has 0 saturated carbocycles. The minimum Gasteiger partial charge on any atom is -0.422 e. The van der Waals surface area contributed by atoms with Gasteiger partial charge in [-0.15, -0.1) is 11.3 Å². The average molecular weight is 391 g/mol. The van der Waals surface area contributed by atoms with Gasteiger partial charge in [0.2, 0.25) is 0 Å². The highest BCUT2D eigenvalue weighted by Crippen LogP contribution is 2.27. The first kappa shape index (κ1) is 17.6. The van der Waals surface area contributed by atoms with Crippen LogP contribution in [-0.2, 0) is 0 Å². The molecule has 2 aromatic carbocycles. The highest BCUT2D eigenvalue weighted by Gasteiger charge is 2.20. The molecule has 0 saturated heterocycles. The molecule has 0 atom stereocenters. The number of carbonyl (C=O) groups excluding carboxylic acids is 1. The molecule has 0 bridgehead atoms. The number of thiophene rings is 1. The summed E-state index contributed by atoms with van der Waals surface area (Å²) in [6.07, 6.45) is 0. The van der Waals surface area contributed by atoms with Crippen LogP contribution in [0.15, 0.2) is 78.2 Å². The van der Waals surface area contributed by atoms with Gasteiger partial charge >= 0.3 is 5.97 Å². The monoisotopic (exact) mass is 391 g/mol. The van der Waals surface area contributed by atoms with Crippen LogP contribution in [-0.4, -0.2) is 20.7 Å². The van der Waals surface area contributed by atoms with Gasteiger partial charge in [0.1, 0.15) is 11.4 Å². The zero-order valence-corrected chi connectivity index (χ0v) is 15.2. The normalized spacial score (nSPS) is 10.6. The lowest BCUT2D eigenvalue weighted by Crippen LogP contribution is -2.14. The lowest BCUT2D eigenvalue weighted by molar-refractivity contribution is -0.384. The van der Waals surface area contributed by atoms with Gasteiger partial charge in [-0.25, -0.2) is 9.48 Å². The Bertz CT molecular complexity index is 1140. The third kappa shape index (κ3) is 3.53. The molecule has 0 aliphatic rings. The zero-order chi connectivity index (χ0) is 19.5. The topological polar surface area (TPSA) is 87.3 Å². The van der Waals surface area contributed by atoms with Crippen molar-refractivity contribution in [3.05, 3.63) is 94.0 Å². The molecule has 0 unspecified atom stereocenters. The predicted octanol–water partition coefficient (Wildman–Crippen LogP) is 4.73. The van der Waals surface area contributed by atoms with Crippen LogP contribution in [0.1, 0.15) is 10.5 Å². The molecule has 7 nitrogen and oxygen atoms in total. The number of hydrogen-bond donors (Lipinski definition) is 0. The lowest BCUT2D eigenvalue weighted by Gasteiger charge is -2.07. The summed E-state index contributed by atoms with van der Waals surface area (Å²) in [5.41, 5.74) is 1.42. The van der Waals surface area contributed by atoms with E-state index in [1.165, 1.54) is 40.3 Å². The van der Waals surface area contributed by atoms with Crippen LogP contribution in [0.25, 0.3) is 16.3 Å². The maximum absolute atomic E-state index is 12.8. The van der Waals surface area contributed by atoms with E-state index in [1.54, 1.807) is 6.07 Å². The maximum atomic E-state index is 12.8. The van der Waals surface area contributed by atoms with Crippen molar-refractivity contribution in [3.8, 4) is 22.0 Å². The first-order chi connectivity index (χ1) is 13.6. The van der Waals surface area contributed by atoms with Crippen LogP contribution in [0, 0.1) is 10.1 Å². The second-order valence-electron chi connectivity index (χ2n) is 5.78. The quantitative estimate of drug-likeness (QED) is 0.212. The van der Waals surface area contributed by atoms with Crippen molar-refractivity contribution in [2.24, 2.45) is 0 Å². The van der Waals surface area contributed by atoms with E-state index in [2.05, 4.69) is 5.10 Å². The van der Waals surface area contributed by atoms with E-state index >= 15 is 0 Å². The molecule has 2 aromatic heterocycles. The fourth-order valence-electron chi connectivity index (χ4n) is 2.66. The van der Waals surface area contributed by atoms with Crippen LogP contribution in [0.4, 0.5) is 5.69 Å². The molecule has 0 N–H and O–H groups in total. The number of carbonyl (C=O) groups is 1. The number of para-hydroxylation sites is 1. The zero-order valence-electron chi connectivity index (χ0n) is 14.4. The van der Waals surface area contributed by atoms with E-state index < -0.39 is 10.9 Å². The summed E-state index contributed by atoms with van der Waals surface area (Å²) in [7, 11) is 0. The van der Waals surface area contributed by atoms with Crippen LogP contribution in [0.5, 0.6) is 5.75 Å². The highest BCUT2D eigenvalue weighted by atomic mass is 32.1. The fraction of sp³-hybridized carbons (Fsp3) is 0. The van der Waals surface area contributed by atoms with Gasteiger partial charge in [0.15, 0.2) is 5.69 Å². The Kier molecular flexibility index (Phi) is 4.69. The Labute approximate surface area is 163 Å². The van der Waals surface area contributed by atoms with Crippen molar-refractivity contribution in [3.63, 3.8) is 0 Å². The molecule has 0 radical (unpaired) electrons. The summed E-state index contributed by atoms with van der Waals surface area (Å²) < 4.78 is 6.89. The Morgan fingerprint density at radius 2 is 1.86 bits per heavy atom. The van der Waals surface area contributed by atoms with E-state index in [0.717, 1.165) is 4.88 Å². The first-order valence-electron chi connectivity index (χ1n) is 8.28. The molecule has 0 fully saturated rings. The number of nitrogens with zero attached hydrogens (tertiary/aromatic N) is 3. The molecular formula is C20H13N3O4S. The molecule has 138 valence electrons. The van der Waals surface area contributed by atoms with Gasteiger partial charge in [0.05, 0.1) is 21.6 Å². The van der Waals surface area contributed by atoms with E-state index in [0.29, 0.717) is 11.4 Å². The van der Waals surface area contributed by atoms with E-state index in [1.807, 2.05) is 47.8 Å². The molecule has 0 amide bonds. The molecule has 0 aliphatic heterocycles. The Balaban J connectivity index is 1.72. The van der Waals surface area contributed by atoms with Crippen LogP contribution >= 0.6 is 11.3 Å². The Morgan fingerprint density at radius 1 is 1.04 bits per heavy atom. The number of benzene rings is 2. The standard InChI is InChI=1S/C20H13N3O4S/c24-20(27-16-9-4-8-15(12-16)23(25)26)18-13-17(19-10-5-11-28-19)21-22(18)14-6-2-1-3-7-14/h1-13H. The minimum atomic E-state index is -0.653. The van der Waals surface area contributed by atoms with Crippen molar-refractivity contribution in [2.75, 3.05) is 0 Å². The molecule has 2 heterocycles. The van der Waals surface area contributed by atoms with Crippen molar-refractivity contribution in [1.29, 1.82) is 0 Å². The SMILES string of the molecule is O=C(Oc1cccc([N+](=O)[O-])c1)c1cc(-c2cccs2)nn1-c1ccccc1.